The first-order valence-electron chi connectivity index (χ1n) is 6.59. The zero-order valence-electron chi connectivity index (χ0n) is 11.2. The van der Waals surface area contributed by atoms with Crippen LogP contribution < -0.4 is 0 Å². The number of methoxy groups -OCH3 is 1. The number of nitrogens with zero attached hydrogens (tertiary/aromatic N) is 2. The molecule has 104 valence electrons. The zero-order valence-corrected chi connectivity index (χ0v) is 11.2. The van der Waals surface area contributed by atoms with Crippen LogP contribution in [0.3, 0.4) is 0 Å². The van der Waals surface area contributed by atoms with E-state index in [1.807, 2.05) is 28.8 Å². The first kappa shape index (κ1) is 12.9. The summed E-state index contributed by atoms with van der Waals surface area (Å²) < 4.78 is 6.62. The van der Waals surface area contributed by atoms with Gasteiger partial charge in [0.15, 0.2) is 0 Å². The van der Waals surface area contributed by atoms with Crippen LogP contribution in [-0.4, -0.2) is 27.7 Å². The Morgan fingerprint density at radius 2 is 2.10 bits per heavy atom. The average molecular weight is 272 g/mol. The SMILES string of the molecule is COC(=O)c1cncn1C1CCC(O)c2ccccc21. The lowest BCUT2D eigenvalue weighted by molar-refractivity contribution is 0.0585. The monoisotopic (exact) mass is 272 g/mol. The minimum absolute atomic E-state index is 0.00574. The number of imidazole rings is 1. The van der Waals surface area contributed by atoms with Crippen molar-refractivity contribution in [3.8, 4) is 0 Å². The van der Waals surface area contributed by atoms with Crippen molar-refractivity contribution < 1.29 is 14.6 Å². The third kappa shape index (κ3) is 2.00. The molecular formula is C15H16N2O3. The second kappa shape index (κ2) is 5.09. The fraction of sp³-hybridized carbons (Fsp3) is 0.333. The van der Waals surface area contributed by atoms with Gasteiger partial charge in [-0.25, -0.2) is 9.78 Å². The van der Waals surface area contributed by atoms with Crippen LogP contribution in [0, 0.1) is 0 Å². The summed E-state index contributed by atoms with van der Waals surface area (Å²) in [6, 6.07) is 7.79. The fourth-order valence-corrected chi connectivity index (χ4v) is 2.85. The second-order valence-electron chi connectivity index (χ2n) is 4.92. The van der Waals surface area contributed by atoms with Crippen molar-refractivity contribution in [3.05, 3.63) is 53.6 Å². The van der Waals surface area contributed by atoms with E-state index in [1.54, 1.807) is 6.33 Å². The topological polar surface area (TPSA) is 64.3 Å². The van der Waals surface area contributed by atoms with E-state index in [-0.39, 0.29) is 6.04 Å². The molecule has 2 unspecified atom stereocenters. The Morgan fingerprint density at radius 3 is 2.85 bits per heavy atom. The highest BCUT2D eigenvalue weighted by Crippen LogP contribution is 2.38. The van der Waals surface area contributed by atoms with E-state index < -0.39 is 12.1 Å². The van der Waals surface area contributed by atoms with E-state index in [9.17, 15) is 9.90 Å². The number of benzene rings is 1. The lowest BCUT2D eigenvalue weighted by atomic mass is 9.85. The van der Waals surface area contributed by atoms with E-state index in [0.717, 1.165) is 17.5 Å². The Hall–Kier alpha value is -2.14. The predicted molar refractivity (Wildman–Crippen MR) is 72.3 cm³/mol. The molecule has 20 heavy (non-hydrogen) atoms. The summed E-state index contributed by atoms with van der Waals surface area (Å²) in [4.78, 5) is 15.8. The number of hydrogen-bond acceptors (Lipinski definition) is 4. The molecule has 1 aliphatic carbocycles. The highest BCUT2D eigenvalue weighted by Gasteiger charge is 2.29. The molecule has 0 spiro atoms. The predicted octanol–water partition coefficient (Wildman–Crippen LogP) is 2.09. The first-order chi connectivity index (χ1) is 9.72. The number of aliphatic hydroxyl groups is 1. The zero-order chi connectivity index (χ0) is 14.1. The third-order valence-electron chi connectivity index (χ3n) is 3.82. The van der Waals surface area contributed by atoms with Crippen LogP contribution in [0.25, 0.3) is 0 Å². The van der Waals surface area contributed by atoms with Crippen LogP contribution in [0.15, 0.2) is 36.8 Å². The van der Waals surface area contributed by atoms with Gasteiger partial charge in [0.1, 0.15) is 5.69 Å². The van der Waals surface area contributed by atoms with Crippen molar-refractivity contribution in [2.75, 3.05) is 7.11 Å². The summed E-state index contributed by atoms with van der Waals surface area (Å²) in [6.07, 6.45) is 4.15. The number of ether oxygens (including phenoxy) is 1. The van der Waals surface area contributed by atoms with Crippen molar-refractivity contribution in [2.24, 2.45) is 0 Å². The summed E-state index contributed by atoms with van der Waals surface area (Å²) in [5.74, 6) is -0.397. The number of esters is 1. The quantitative estimate of drug-likeness (QED) is 0.850. The van der Waals surface area contributed by atoms with Gasteiger partial charge in [0, 0.05) is 0 Å². The van der Waals surface area contributed by atoms with Gasteiger partial charge in [0.05, 0.1) is 31.8 Å². The molecule has 0 saturated carbocycles. The average Bonchev–Trinajstić information content (AvgIpc) is 2.96. The molecule has 1 aromatic carbocycles. The number of carbonyl (C=O) groups excluding carboxylic acids is 1. The lowest BCUT2D eigenvalue weighted by Gasteiger charge is -2.30. The van der Waals surface area contributed by atoms with E-state index >= 15 is 0 Å². The van der Waals surface area contributed by atoms with Gasteiger partial charge < -0.3 is 14.4 Å². The van der Waals surface area contributed by atoms with E-state index in [1.165, 1.54) is 13.3 Å². The molecule has 1 N–H and O–H groups in total. The number of hydrogen-bond donors (Lipinski definition) is 1. The van der Waals surface area contributed by atoms with Gasteiger partial charge in [-0.1, -0.05) is 24.3 Å². The molecule has 0 radical (unpaired) electrons. The molecular weight excluding hydrogens is 256 g/mol. The Labute approximate surface area is 116 Å². The Bertz CT molecular complexity index is 636. The maximum atomic E-state index is 11.8. The molecule has 2 aromatic rings. The highest BCUT2D eigenvalue weighted by atomic mass is 16.5. The first-order valence-corrected chi connectivity index (χ1v) is 6.59. The maximum Gasteiger partial charge on any atom is 0.356 e. The Balaban J connectivity index is 2.06. The molecule has 0 amide bonds. The van der Waals surface area contributed by atoms with Crippen molar-refractivity contribution in [3.63, 3.8) is 0 Å². The lowest BCUT2D eigenvalue weighted by Crippen LogP contribution is -2.22. The van der Waals surface area contributed by atoms with E-state index in [0.29, 0.717) is 12.1 Å². The van der Waals surface area contributed by atoms with E-state index in [2.05, 4.69) is 4.98 Å². The van der Waals surface area contributed by atoms with Gasteiger partial charge in [-0.2, -0.15) is 0 Å². The molecule has 5 heteroatoms. The van der Waals surface area contributed by atoms with Gasteiger partial charge in [-0.05, 0) is 24.0 Å². The van der Waals surface area contributed by atoms with Crippen LogP contribution >= 0.6 is 0 Å². The molecule has 2 atom stereocenters. The number of aliphatic hydroxyl groups excluding tert-OH is 1. The van der Waals surface area contributed by atoms with Gasteiger partial charge in [-0.3, -0.25) is 0 Å². The van der Waals surface area contributed by atoms with Crippen LogP contribution in [0.4, 0.5) is 0 Å². The molecule has 0 aliphatic heterocycles. The Kier molecular flexibility index (Phi) is 3.28. The number of carbonyl (C=O) groups is 1. The standard InChI is InChI=1S/C15H16N2O3/c1-20-15(19)13-8-16-9-17(13)12-6-7-14(18)11-5-3-2-4-10(11)12/h2-5,8-9,12,14,18H,6-7H2,1H3. The van der Waals surface area contributed by atoms with Crippen molar-refractivity contribution in [2.45, 2.75) is 25.0 Å². The van der Waals surface area contributed by atoms with Crippen molar-refractivity contribution >= 4 is 5.97 Å². The number of aromatic nitrogens is 2. The summed E-state index contributed by atoms with van der Waals surface area (Å²) in [7, 11) is 1.36. The smallest absolute Gasteiger partial charge is 0.356 e. The Morgan fingerprint density at radius 1 is 1.35 bits per heavy atom. The van der Waals surface area contributed by atoms with E-state index in [4.69, 9.17) is 4.74 Å². The molecule has 3 rings (SSSR count). The minimum atomic E-state index is -0.437. The summed E-state index contributed by atoms with van der Waals surface area (Å²) in [5, 5.41) is 10.1. The molecule has 0 saturated heterocycles. The van der Waals surface area contributed by atoms with Crippen LogP contribution in [0.1, 0.15) is 46.6 Å². The molecule has 0 bridgehead atoms. The maximum absolute atomic E-state index is 11.8. The normalized spacial score (nSPS) is 21.3. The van der Waals surface area contributed by atoms with Crippen LogP contribution in [-0.2, 0) is 4.74 Å². The highest BCUT2D eigenvalue weighted by molar-refractivity contribution is 5.87. The van der Waals surface area contributed by atoms with Crippen LogP contribution in [0.5, 0.6) is 0 Å². The molecule has 5 nitrogen and oxygen atoms in total. The van der Waals surface area contributed by atoms with Crippen LogP contribution in [0.2, 0.25) is 0 Å². The number of rotatable bonds is 2. The largest absolute Gasteiger partial charge is 0.464 e. The van der Waals surface area contributed by atoms with Gasteiger partial charge in [0.2, 0.25) is 0 Å². The molecule has 1 heterocycles. The van der Waals surface area contributed by atoms with Crippen molar-refractivity contribution in [1.29, 1.82) is 0 Å². The van der Waals surface area contributed by atoms with Crippen molar-refractivity contribution in [1.82, 2.24) is 9.55 Å². The summed E-state index contributed by atoms with van der Waals surface area (Å²) in [6.45, 7) is 0. The molecule has 1 aromatic heterocycles. The van der Waals surface area contributed by atoms with Gasteiger partial charge in [0.25, 0.3) is 0 Å². The molecule has 0 fully saturated rings. The second-order valence-corrected chi connectivity index (χ2v) is 4.92. The summed E-state index contributed by atoms with van der Waals surface area (Å²) >= 11 is 0. The van der Waals surface area contributed by atoms with Gasteiger partial charge in [-0.15, -0.1) is 0 Å². The fourth-order valence-electron chi connectivity index (χ4n) is 2.85. The third-order valence-corrected chi connectivity index (χ3v) is 3.82. The minimum Gasteiger partial charge on any atom is -0.464 e. The summed E-state index contributed by atoms with van der Waals surface area (Å²) in [5.41, 5.74) is 2.39. The molecule has 1 aliphatic rings. The number of fused-ring (bicyclic) bond motifs is 1. The van der Waals surface area contributed by atoms with Gasteiger partial charge >= 0.3 is 5.97 Å².